The summed E-state index contributed by atoms with van der Waals surface area (Å²) in [6.07, 6.45) is 0. The lowest BCUT2D eigenvalue weighted by Crippen LogP contribution is -2.32. The third-order valence-corrected chi connectivity index (χ3v) is 4.99. The number of benzene rings is 3. The molecule has 0 saturated carbocycles. The molecule has 1 aliphatic rings. The van der Waals surface area contributed by atoms with Crippen LogP contribution in [0, 0.1) is 11.6 Å². The van der Waals surface area contributed by atoms with E-state index in [1.807, 2.05) is 6.92 Å². The zero-order valence-corrected chi connectivity index (χ0v) is 17.3. The maximum Gasteiger partial charge on any atom is 0.278 e. The van der Waals surface area contributed by atoms with E-state index in [1.54, 1.807) is 24.3 Å². The highest BCUT2D eigenvalue weighted by atomic mass is 19.1. The highest BCUT2D eigenvalue weighted by Gasteiger charge is 2.39. The maximum absolute atomic E-state index is 13.3. The van der Waals surface area contributed by atoms with Gasteiger partial charge < -0.3 is 10.1 Å². The van der Waals surface area contributed by atoms with Gasteiger partial charge in [0.25, 0.3) is 11.8 Å². The Labute approximate surface area is 183 Å². The first-order valence-corrected chi connectivity index (χ1v) is 10.1. The standard InChI is InChI=1S/C25H20F2N2O3/c1-2-32-21-13-5-17(6-14-21)22-23(28-20-11-9-19(27)10-12-20)25(31)29(24(22)30)15-16-3-7-18(26)8-4-16/h3-14,28H,2,15H2,1H3. The molecule has 0 radical (unpaired) electrons. The Morgan fingerprint density at radius 2 is 1.41 bits per heavy atom. The number of anilines is 1. The molecule has 4 rings (SSSR count). The van der Waals surface area contributed by atoms with Crippen molar-refractivity contribution in [3.63, 3.8) is 0 Å². The van der Waals surface area contributed by atoms with E-state index in [-0.39, 0.29) is 17.8 Å². The summed E-state index contributed by atoms with van der Waals surface area (Å²) < 4.78 is 32.0. The summed E-state index contributed by atoms with van der Waals surface area (Å²) in [6.45, 7) is 2.36. The Hall–Kier alpha value is -4.00. The van der Waals surface area contributed by atoms with Crippen molar-refractivity contribution < 1.29 is 23.1 Å². The smallest absolute Gasteiger partial charge is 0.278 e. The van der Waals surface area contributed by atoms with Gasteiger partial charge in [-0.1, -0.05) is 24.3 Å². The second-order valence-electron chi connectivity index (χ2n) is 7.16. The molecule has 1 aliphatic heterocycles. The molecule has 1 N–H and O–H groups in total. The number of ether oxygens (including phenoxy) is 1. The number of hydrogen-bond acceptors (Lipinski definition) is 4. The van der Waals surface area contributed by atoms with Crippen LogP contribution in [0.4, 0.5) is 14.5 Å². The second-order valence-corrected chi connectivity index (χ2v) is 7.16. The average Bonchev–Trinajstić information content (AvgIpc) is 3.02. The highest BCUT2D eigenvalue weighted by molar-refractivity contribution is 6.36. The van der Waals surface area contributed by atoms with Crippen LogP contribution in [0.2, 0.25) is 0 Å². The number of halogens is 2. The third-order valence-electron chi connectivity index (χ3n) is 4.99. The largest absolute Gasteiger partial charge is 0.494 e. The maximum atomic E-state index is 13.3. The fourth-order valence-electron chi connectivity index (χ4n) is 3.44. The summed E-state index contributed by atoms with van der Waals surface area (Å²) in [6, 6.07) is 18.0. The van der Waals surface area contributed by atoms with Gasteiger partial charge in [-0.25, -0.2) is 8.78 Å². The molecule has 3 aromatic rings. The van der Waals surface area contributed by atoms with E-state index in [9.17, 15) is 18.4 Å². The van der Waals surface area contributed by atoms with Gasteiger partial charge in [-0.2, -0.15) is 0 Å². The Morgan fingerprint density at radius 3 is 2.00 bits per heavy atom. The average molecular weight is 434 g/mol. The van der Waals surface area contributed by atoms with Crippen LogP contribution in [-0.4, -0.2) is 23.3 Å². The first-order valence-electron chi connectivity index (χ1n) is 10.1. The summed E-state index contributed by atoms with van der Waals surface area (Å²) in [5.41, 5.74) is 1.91. The zero-order chi connectivity index (χ0) is 22.7. The van der Waals surface area contributed by atoms with Crippen molar-refractivity contribution in [1.82, 2.24) is 4.90 Å². The molecular formula is C25H20F2N2O3. The molecule has 0 spiro atoms. The predicted octanol–water partition coefficient (Wildman–Crippen LogP) is 4.76. The zero-order valence-electron chi connectivity index (χ0n) is 17.3. The Balaban J connectivity index is 1.70. The van der Waals surface area contributed by atoms with Gasteiger partial charge >= 0.3 is 0 Å². The van der Waals surface area contributed by atoms with Crippen molar-refractivity contribution in [2.75, 3.05) is 11.9 Å². The van der Waals surface area contributed by atoms with Crippen molar-refractivity contribution in [3.05, 3.63) is 101 Å². The van der Waals surface area contributed by atoms with Gasteiger partial charge in [0.2, 0.25) is 0 Å². The molecule has 7 heteroatoms. The van der Waals surface area contributed by atoms with Gasteiger partial charge in [0.05, 0.1) is 18.7 Å². The summed E-state index contributed by atoms with van der Waals surface area (Å²) in [7, 11) is 0. The number of imide groups is 1. The van der Waals surface area contributed by atoms with Crippen LogP contribution >= 0.6 is 0 Å². The highest BCUT2D eigenvalue weighted by Crippen LogP contribution is 2.32. The van der Waals surface area contributed by atoms with Gasteiger partial charge in [-0.15, -0.1) is 0 Å². The summed E-state index contributed by atoms with van der Waals surface area (Å²) >= 11 is 0. The van der Waals surface area contributed by atoms with Crippen LogP contribution in [0.25, 0.3) is 5.57 Å². The lowest BCUT2D eigenvalue weighted by Gasteiger charge is -2.15. The first-order chi connectivity index (χ1) is 15.5. The summed E-state index contributed by atoms with van der Waals surface area (Å²) in [5.74, 6) is -1.17. The second kappa shape index (κ2) is 9.01. The number of carbonyl (C=O) groups is 2. The molecule has 32 heavy (non-hydrogen) atoms. The van der Waals surface area contributed by atoms with Crippen LogP contribution in [0.3, 0.4) is 0 Å². The van der Waals surface area contributed by atoms with Crippen molar-refractivity contribution in [3.8, 4) is 5.75 Å². The van der Waals surface area contributed by atoms with Crippen LogP contribution in [0.1, 0.15) is 18.1 Å². The van der Waals surface area contributed by atoms with Crippen molar-refractivity contribution in [2.45, 2.75) is 13.5 Å². The van der Waals surface area contributed by atoms with E-state index in [0.29, 0.717) is 29.2 Å². The fourth-order valence-corrected chi connectivity index (χ4v) is 3.44. The minimum absolute atomic E-state index is 0.00687. The molecule has 5 nitrogen and oxygen atoms in total. The molecule has 0 aliphatic carbocycles. The van der Waals surface area contributed by atoms with E-state index in [4.69, 9.17) is 4.74 Å². The third kappa shape index (κ3) is 4.37. The normalized spacial score (nSPS) is 13.7. The van der Waals surface area contributed by atoms with E-state index in [0.717, 1.165) is 4.90 Å². The molecule has 0 aromatic heterocycles. The number of nitrogens with zero attached hydrogens (tertiary/aromatic N) is 1. The van der Waals surface area contributed by atoms with Gasteiger partial charge in [0, 0.05) is 5.69 Å². The van der Waals surface area contributed by atoms with Crippen LogP contribution in [-0.2, 0) is 16.1 Å². The number of nitrogens with one attached hydrogen (secondary N) is 1. The van der Waals surface area contributed by atoms with Crippen molar-refractivity contribution in [2.24, 2.45) is 0 Å². The molecule has 0 saturated heterocycles. The molecule has 0 fully saturated rings. The molecule has 0 atom stereocenters. The van der Waals surface area contributed by atoms with Crippen LogP contribution in [0.15, 0.2) is 78.5 Å². The molecule has 0 unspecified atom stereocenters. The van der Waals surface area contributed by atoms with Crippen LogP contribution < -0.4 is 10.1 Å². The van der Waals surface area contributed by atoms with Gasteiger partial charge in [0.15, 0.2) is 0 Å². The Morgan fingerprint density at radius 1 is 0.812 bits per heavy atom. The molecule has 3 aromatic carbocycles. The predicted molar refractivity (Wildman–Crippen MR) is 117 cm³/mol. The lowest BCUT2D eigenvalue weighted by atomic mass is 10.0. The molecule has 162 valence electrons. The fraction of sp³-hybridized carbons (Fsp3) is 0.120. The van der Waals surface area contributed by atoms with Gasteiger partial charge in [-0.05, 0) is 66.6 Å². The van der Waals surface area contributed by atoms with Gasteiger partial charge in [-0.3, -0.25) is 14.5 Å². The van der Waals surface area contributed by atoms with Crippen LogP contribution in [0.5, 0.6) is 5.75 Å². The topological polar surface area (TPSA) is 58.6 Å². The molecule has 0 bridgehead atoms. The number of rotatable bonds is 7. The Kier molecular flexibility index (Phi) is 5.98. The Bertz CT molecular complexity index is 1170. The molecular weight excluding hydrogens is 414 g/mol. The van der Waals surface area contributed by atoms with Crippen molar-refractivity contribution >= 4 is 23.1 Å². The monoisotopic (exact) mass is 434 g/mol. The van der Waals surface area contributed by atoms with E-state index < -0.39 is 23.4 Å². The summed E-state index contributed by atoms with van der Waals surface area (Å²) in [5, 5.41) is 2.97. The SMILES string of the molecule is CCOc1ccc(C2=C(Nc3ccc(F)cc3)C(=O)N(Cc3ccc(F)cc3)C2=O)cc1. The number of carbonyl (C=O) groups excluding carboxylic acids is 2. The van der Waals surface area contributed by atoms with E-state index >= 15 is 0 Å². The van der Waals surface area contributed by atoms with Crippen molar-refractivity contribution in [1.29, 1.82) is 0 Å². The first kappa shape index (κ1) is 21.2. The van der Waals surface area contributed by atoms with E-state index in [2.05, 4.69) is 5.32 Å². The minimum Gasteiger partial charge on any atom is -0.494 e. The molecule has 2 amide bonds. The quantitative estimate of drug-likeness (QED) is 0.545. The molecule has 1 heterocycles. The van der Waals surface area contributed by atoms with E-state index in [1.165, 1.54) is 48.5 Å². The van der Waals surface area contributed by atoms with Gasteiger partial charge in [0.1, 0.15) is 23.1 Å². The number of hydrogen-bond donors (Lipinski definition) is 1. The lowest BCUT2D eigenvalue weighted by molar-refractivity contribution is -0.137. The summed E-state index contributed by atoms with van der Waals surface area (Å²) in [4.78, 5) is 27.6. The number of amides is 2. The minimum atomic E-state index is -0.521.